The van der Waals surface area contributed by atoms with Crippen LogP contribution in [-0.2, 0) is 0 Å². The number of aromatic nitrogens is 4. The van der Waals surface area contributed by atoms with Crippen molar-refractivity contribution in [3.63, 3.8) is 0 Å². The topological polar surface area (TPSA) is 233 Å². The number of nitrogen functional groups attached to an aromatic ring is 1. The van der Waals surface area contributed by atoms with Gasteiger partial charge in [0.25, 0.3) is 0 Å². The van der Waals surface area contributed by atoms with Crippen molar-refractivity contribution in [1.29, 1.82) is 31.6 Å². The van der Waals surface area contributed by atoms with Gasteiger partial charge in [-0.3, -0.25) is 0 Å². The monoisotopic (exact) mass is 388 g/mol. The molecule has 0 amide bonds. The fourth-order valence-corrected chi connectivity index (χ4v) is 2.53. The molecule has 1 aromatic carbocycles. The molecule has 2 heterocycles. The second kappa shape index (κ2) is 7.51. The zero-order valence-electron chi connectivity index (χ0n) is 14.7. The molecule has 12 heteroatoms. The van der Waals surface area contributed by atoms with Crippen LogP contribution in [0.2, 0.25) is 0 Å². The summed E-state index contributed by atoms with van der Waals surface area (Å²) in [6.45, 7) is 0. The summed E-state index contributed by atoms with van der Waals surface area (Å²) < 4.78 is 0. The van der Waals surface area contributed by atoms with E-state index >= 15 is 0 Å². The third-order valence-electron chi connectivity index (χ3n) is 3.80. The number of hydrogen-bond acceptors (Lipinski definition) is 12. The predicted molar refractivity (Wildman–Crippen MR) is 98.8 cm³/mol. The molecule has 12 nitrogen and oxygen atoms in total. The summed E-state index contributed by atoms with van der Waals surface area (Å²) in [5.74, 6) is 0. The first kappa shape index (κ1) is 19.1. The smallest absolute Gasteiger partial charge is 0.177 e. The molecule has 0 saturated carbocycles. The van der Waals surface area contributed by atoms with Crippen LogP contribution in [0.1, 0.15) is 29.2 Å². The highest BCUT2D eigenvalue weighted by Gasteiger charge is 2.22. The van der Waals surface area contributed by atoms with E-state index in [1.165, 1.54) is 0 Å². The molecular formula is C18H4N12. The van der Waals surface area contributed by atoms with Gasteiger partial charge in [0, 0.05) is 0 Å². The Morgan fingerprint density at radius 2 is 1.13 bits per heavy atom. The Morgan fingerprint density at radius 3 is 1.57 bits per heavy atom. The summed E-state index contributed by atoms with van der Waals surface area (Å²) in [6.07, 6.45) is -0.327. The first-order valence-electron chi connectivity index (χ1n) is 7.82. The number of anilines is 1. The SMILES string of the molecule is N#CCC(C#N)=Nc1c(N)c2nc(C#N)c(C#N)nc2c2nc(C#N)c(C#N)nc12. The van der Waals surface area contributed by atoms with E-state index < -0.39 is 0 Å². The second-order valence-electron chi connectivity index (χ2n) is 5.45. The van der Waals surface area contributed by atoms with Crippen molar-refractivity contribution in [2.24, 2.45) is 4.99 Å². The molecule has 0 spiro atoms. The lowest BCUT2D eigenvalue weighted by Gasteiger charge is -2.10. The fraction of sp³-hybridized carbons (Fsp3) is 0.0556. The summed E-state index contributed by atoms with van der Waals surface area (Å²) in [4.78, 5) is 20.4. The maximum atomic E-state index is 9.27. The Morgan fingerprint density at radius 1 is 0.700 bits per heavy atom. The van der Waals surface area contributed by atoms with Gasteiger partial charge in [-0.1, -0.05) is 0 Å². The van der Waals surface area contributed by atoms with Crippen LogP contribution in [0.5, 0.6) is 0 Å². The highest BCUT2D eigenvalue weighted by molar-refractivity contribution is 6.15. The van der Waals surface area contributed by atoms with Gasteiger partial charge in [-0.05, 0) is 0 Å². The maximum Gasteiger partial charge on any atom is 0.177 e. The average molecular weight is 388 g/mol. The van der Waals surface area contributed by atoms with Gasteiger partial charge in [0.05, 0.1) is 18.2 Å². The minimum Gasteiger partial charge on any atom is -0.395 e. The first-order valence-corrected chi connectivity index (χ1v) is 7.82. The lowest BCUT2D eigenvalue weighted by atomic mass is 10.1. The van der Waals surface area contributed by atoms with Gasteiger partial charge < -0.3 is 5.73 Å². The number of nitrogens with two attached hydrogens (primary N) is 1. The molecule has 0 fully saturated rings. The summed E-state index contributed by atoms with van der Waals surface area (Å²) in [5.41, 5.74) is 4.21. The molecule has 136 valence electrons. The molecule has 0 atom stereocenters. The lowest BCUT2D eigenvalue weighted by Crippen LogP contribution is -2.04. The van der Waals surface area contributed by atoms with Crippen LogP contribution in [-0.4, -0.2) is 25.6 Å². The number of nitrogens with zero attached hydrogens (tertiary/aromatic N) is 11. The summed E-state index contributed by atoms with van der Waals surface area (Å²) >= 11 is 0. The molecule has 0 saturated heterocycles. The zero-order chi connectivity index (χ0) is 21.8. The van der Waals surface area contributed by atoms with Crippen molar-refractivity contribution < 1.29 is 0 Å². The fourth-order valence-electron chi connectivity index (χ4n) is 2.53. The molecule has 2 aromatic heterocycles. The molecule has 0 bridgehead atoms. The van der Waals surface area contributed by atoms with Crippen molar-refractivity contribution in [2.45, 2.75) is 6.42 Å². The molecule has 3 rings (SSSR count). The van der Waals surface area contributed by atoms with E-state index in [4.69, 9.17) is 11.0 Å². The van der Waals surface area contributed by atoms with Crippen LogP contribution in [0.4, 0.5) is 11.4 Å². The van der Waals surface area contributed by atoms with Crippen LogP contribution in [0.25, 0.3) is 22.1 Å². The average Bonchev–Trinajstić information content (AvgIpc) is 2.79. The van der Waals surface area contributed by atoms with Crippen molar-refractivity contribution in [2.75, 3.05) is 5.73 Å². The van der Waals surface area contributed by atoms with Crippen LogP contribution in [0, 0.1) is 68.0 Å². The van der Waals surface area contributed by atoms with Gasteiger partial charge in [0.15, 0.2) is 22.8 Å². The van der Waals surface area contributed by atoms with Crippen molar-refractivity contribution in [1.82, 2.24) is 19.9 Å². The first-order chi connectivity index (χ1) is 14.5. The third-order valence-corrected chi connectivity index (χ3v) is 3.80. The molecule has 0 radical (unpaired) electrons. The number of rotatable bonds is 2. The van der Waals surface area contributed by atoms with Crippen molar-refractivity contribution in [3.05, 3.63) is 22.8 Å². The molecule has 2 N–H and O–H groups in total. The van der Waals surface area contributed by atoms with Crippen molar-refractivity contribution >= 4 is 39.2 Å². The molecule has 0 unspecified atom stereocenters. The van der Waals surface area contributed by atoms with Crippen LogP contribution < -0.4 is 5.73 Å². The van der Waals surface area contributed by atoms with E-state index in [-0.39, 0.29) is 68.3 Å². The highest BCUT2D eigenvalue weighted by Crippen LogP contribution is 2.38. The molecular weight excluding hydrogens is 384 g/mol. The van der Waals surface area contributed by atoms with Gasteiger partial charge in [0.2, 0.25) is 0 Å². The van der Waals surface area contributed by atoms with E-state index in [1.807, 2.05) is 0 Å². The van der Waals surface area contributed by atoms with Crippen LogP contribution in [0.3, 0.4) is 0 Å². The Bertz CT molecular complexity index is 1540. The Balaban J connectivity index is 2.65. The standard InChI is InChI=1S/C18H4N12/c19-2-1-8(3-20)26-14-13(25)15-17(29-10(5-22)9(4-21)27-15)18-16(14)28-11(6-23)12(7-24)30-18/h1,25H2. The normalized spacial score (nSPS) is 10.3. The maximum absolute atomic E-state index is 9.27. The minimum atomic E-state index is -0.327. The molecule has 0 aliphatic heterocycles. The molecule has 30 heavy (non-hydrogen) atoms. The molecule has 3 aromatic rings. The molecule has 0 aliphatic rings. The highest BCUT2D eigenvalue weighted by atomic mass is 14.9. The van der Waals surface area contributed by atoms with Gasteiger partial charge >= 0.3 is 0 Å². The summed E-state index contributed by atoms with van der Waals surface area (Å²) in [5, 5.41) is 55.1. The van der Waals surface area contributed by atoms with Gasteiger partial charge in [-0.25, -0.2) is 24.9 Å². The number of hydrogen-bond donors (Lipinski definition) is 1. The van der Waals surface area contributed by atoms with E-state index in [0.29, 0.717) is 0 Å². The van der Waals surface area contributed by atoms with E-state index in [9.17, 15) is 26.3 Å². The third kappa shape index (κ3) is 2.88. The number of nitriles is 6. The van der Waals surface area contributed by atoms with E-state index in [0.717, 1.165) is 0 Å². The van der Waals surface area contributed by atoms with E-state index in [1.54, 1.807) is 36.4 Å². The minimum absolute atomic E-state index is 0.0377. The Hall–Kier alpha value is -5.69. The number of benzene rings is 1. The zero-order valence-corrected chi connectivity index (χ0v) is 14.7. The predicted octanol–water partition coefficient (Wildman–Crippen LogP) is 1.15. The quantitative estimate of drug-likeness (QED) is 0.371. The van der Waals surface area contributed by atoms with Gasteiger partial charge in [-0.15, -0.1) is 0 Å². The van der Waals surface area contributed by atoms with Crippen LogP contribution in [0.15, 0.2) is 4.99 Å². The van der Waals surface area contributed by atoms with Crippen molar-refractivity contribution in [3.8, 4) is 36.4 Å². The lowest BCUT2D eigenvalue weighted by molar-refractivity contribution is 1.17. The summed E-state index contributed by atoms with van der Waals surface area (Å²) in [7, 11) is 0. The van der Waals surface area contributed by atoms with E-state index in [2.05, 4.69) is 24.9 Å². The second-order valence-corrected chi connectivity index (χ2v) is 5.45. The Kier molecular flexibility index (Phi) is 4.78. The number of aliphatic imine (C=N–C) groups is 1. The van der Waals surface area contributed by atoms with Gasteiger partial charge in [-0.2, -0.15) is 31.6 Å². The Labute approximate surface area is 167 Å². The number of fused-ring (bicyclic) bond motifs is 3. The molecule has 0 aliphatic carbocycles. The largest absolute Gasteiger partial charge is 0.395 e. The van der Waals surface area contributed by atoms with Crippen LogP contribution >= 0.6 is 0 Å². The van der Waals surface area contributed by atoms with Gasteiger partial charge in [0.1, 0.15) is 63.8 Å². The summed E-state index contributed by atoms with van der Waals surface area (Å²) in [6, 6.07) is 10.5.